The second-order valence-electron chi connectivity index (χ2n) is 5.01. The standard InChI is InChI=1S/C14H13ClF2N2O2/c1-6(2)11-12(15)18-14(21)19(13(11)20)10-5-8(16)7(3)4-9(10)17/h4-6H,1-3H3,(H,18,21). The van der Waals surface area contributed by atoms with Crippen LogP contribution in [-0.4, -0.2) is 9.55 Å². The van der Waals surface area contributed by atoms with Gasteiger partial charge in [0.05, 0.1) is 11.3 Å². The van der Waals surface area contributed by atoms with E-state index in [1.54, 1.807) is 13.8 Å². The minimum Gasteiger partial charge on any atom is -0.297 e. The van der Waals surface area contributed by atoms with Crippen molar-refractivity contribution >= 4 is 11.6 Å². The monoisotopic (exact) mass is 314 g/mol. The molecule has 2 aromatic rings. The summed E-state index contributed by atoms with van der Waals surface area (Å²) in [6, 6.07) is 1.75. The Balaban J connectivity index is 2.89. The molecule has 0 saturated heterocycles. The predicted octanol–water partition coefficient (Wildman–Crippen LogP) is 2.89. The first-order valence-electron chi connectivity index (χ1n) is 6.24. The van der Waals surface area contributed by atoms with E-state index in [4.69, 9.17) is 11.6 Å². The van der Waals surface area contributed by atoms with Crippen molar-refractivity contribution in [1.82, 2.24) is 9.55 Å². The summed E-state index contributed by atoms with van der Waals surface area (Å²) in [5.74, 6) is -1.86. The molecule has 21 heavy (non-hydrogen) atoms. The van der Waals surface area contributed by atoms with E-state index >= 15 is 0 Å². The van der Waals surface area contributed by atoms with E-state index < -0.39 is 28.6 Å². The third kappa shape index (κ3) is 2.63. The van der Waals surface area contributed by atoms with Gasteiger partial charge in [0.2, 0.25) is 0 Å². The Labute approximate surface area is 124 Å². The minimum absolute atomic E-state index is 0.0822. The fraction of sp³-hybridized carbons (Fsp3) is 0.286. The molecule has 2 rings (SSSR count). The Bertz CT molecular complexity index is 825. The number of hydrogen-bond donors (Lipinski definition) is 1. The van der Waals surface area contributed by atoms with Gasteiger partial charge in [0.1, 0.15) is 16.8 Å². The van der Waals surface area contributed by atoms with E-state index in [9.17, 15) is 18.4 Å². The quantitative estimate of drug-likeness (QED) is 0.867. The van der Waals surface area contributed by atoms with Crippen LogP contribution in [0.2, 0.25) is 5.15 Å². The normalized spacial score (nSPS) is 11.2. The molecule has 0 radical (unpaired) electrons. The number of aryl methyl sites for hydroxylation is 1. The Morgan fingerprint density at radius 2 is 1.81 bits per heavy atom. The number of halogens is 3. The van der Waals surface area contributed by atoms with Crippen LogP contribution in [0.4, 0.5) is 8.78 Å². The van der Waals surface area contributed by atoms with E-state index in [-0.39, 0.29) is 22.2 Å². The number of nitrogens with zero attached hydrogens (tertiary/aromatic N) is 1. The van der Waals surface area contributed by atoms with Crippen LogP contribution in [0.1, 0.15) is 30.9 Å². The first-order chi connectivity index (χ1) is 9.73. The van der Waals surface area contributed by atoms with E-state index in [0.29, 0.717) is 4.57 Å². The van der Waals surface area contributed by atoms with Gasteiger partial charge in [-0.05, 0) is 24.5 Å². The van der Waals surface area contributed by atoms with Crippen LogP contribution >= 0.6 is 11.6 Å². The average molecular weight is 315 g/mol. The first-order valence-corrected chi connectivity index (χ1v) is 6.62. The van der Waals surface area contributed by atoms with Gasteiger partial charge in [-0.2, -0.15) is 0 Å². The van der Waals surface area contributed by atoms with Crippen LogP contribution in [0.15, 0.2) is 21.7 Å². The highest BCUT2D eigenvalue weighted by atomic mass is 35.5. The van der Waals surface area contributed by atoms with Gasteiger partial charge in [0.15, 0.2) is 0 Å². The Kier molecular flexibility index (Phi) is 4.00. The highest BCUT2D eigenvalue weighted by molar-refractivity contribution is 6.30. The summed E-state index contributed by atoms with van der Waals surface area (Å²) in [7, 11) is 0. The van der Waals surface area contributed by atoms with E-state index in [2.05, 4.69) is 4.98 Å². The molecule has 1 N–H and O–H groups in total. The molecule has 0 aliphatic rings. The molecule has 0 saturated carbocycles. The lowest BCUT2D eigenvalue weighted by Gasteiger charge is -2.12. The summed E-state index contributed by atoms with van der Waals surface area (Å²) in [6.07, 6.45) is 0. The Morgan fingerprint density at radius 3 is 2.38 bits per heavy atom. The zero-order chi connectivity index (χ0) is 15.9. The fourth-order valence-corrected chi connectivity index (χ4v) is 2.43. The molecule has 0 aliphatic heterocycles. The SMILES string of the molecule is Cc1cc(F)c(-n2c(=O)[nH]c(Cl)c(C(C)C)c2=O)cc1F. The summed E-state index contributed by atoms with van der Waals surface area (Å²) in [5.41, 5.74) is -1.91. The molecule has 4 nitrogen and oxygen atoms in total. The fourth-order valence-electron chi connectivity index (χ4n) is 2.05. The molecule has 0 amide bonds. The van der Waals surface area contributed by atoms with Gasteiger partial charge in [0.25, 0.3) is 5.56 Å². The molecule has 1 aromatic heterocycles. The highest BCUT2D eigenvalue weighted by Gasteiger charge is 2.19. The zero-order valence-corrected chi connectivity index (χ0v) is 12.4. The summed E-state index contributed by atoms with van der Waals surface area (Å²) in [5, 5.41) is -0.0933. The second-order valence-corrected chi connectivity index (χ2v) is 5.38. The van der Waals surface area contributed by atoms with Crippen molar-refractivity contribution in [2.45, 2.75) is 26.7 Å². The molecule has 0 spiro atoms. The van der Waals surface area contributed by atoms with E-state index in [1.165, 1.54) is 6.92 Å². The smallest absolute Gasteiger partial charge is 0.297 e. The van der Waals surface area contributed by atoms with Gasteiger partial charge < -0.3 is 0 Å². The number of benzene rings is 1. The number of rotatable bonds is 2. The van der Waals surface area contributed by atoms with Gasteiger partial charge in [0, 0.05) is 6.07 Å². The van der Waals surface area contributed by atoms with Crippen LogP contribution in [0.5, 0.6) is 0 Å². The zero-order valence-electron chi connectivity index (χ0n) is 11.6. The lowest BCUT2D eigenvalue weighted by atomic mass is 10.1. The van der Waals surface area contributed by atoms with Crippen molar-refractivity contribution in [3.05, 3.63) is 60.9 Å². The highest BCUT2D eigenvalue weighted by Crippen LogP contribution is 2.19. The van der Waals surface area contributed by atoms with Crippen molar-refractivity contribution in [3.8, 4) is 5.69 Å². The van der Waals surface area contributed by atoms with Crippen LogP contribution in [0.3, 0.4) is 0 Å². The maximum atomic E-state index is 14.0. The lowest BCUT2D eigenvalue weighted by Crippen LogP contribution is -2.37. The van der Waals surface area contributed by atoms with Crippen molar-refractivity contribution < 1.29 is 8.78 Å². The summed E-state index contributed by atoms with van der Waals surface area (Å²) in [6.45, 7) is 4.80. The van der Waals surface area contributed by atoms with Crippen molar-refractivity contribution in [2.75, 3.05) is 0 Å². The van der Waals surface area contributed by atoms with Crippen LogP contribution < -0.4 is 11.2 Å². The van der Waals surface area contributed by atoms with Crippen molar-refractivity contribution in [3.63, 3.8) is 0 Å². The largest absolute Gasteiger partial charge is 0.334 e. The van der Waals surface area contributed by atoms with Gasteiger partial charge in [-0.15, -0.1) is 0 Å². The summed E-state index contributed by atoms with van der Waals surface area (Å²) >= 11 is 5.85. The number of aromatic amines is 1. The third-order valence-corrected chi connectivity index (χ3v) is 3.43. The number of nitrogens with one attached hydrogen (secondary N) is 1. The Morgan fingerprint density at radius 1 is 1.19 bits per heavy atom. The average Bonchev–Trinajstić information content (AvgIpc) is 2.34. The second kappa shape index (κ2) is 5.44. The molecule has 1 heterocycles. The molecule has 7 heteroatoms. The molecule has 112 valence electrons. The summed E-state index contributed by atoms with van der Waals surface area (Å²) in [4.78, 5) is 26.6. The molecule has 0 unspecified atom stereocenters. The minimum atomic E-state index is -0.920. The topological polar surface area (TPSA) is 54.9 Å². The van der Waals surface area contributed by atoms with Crippen LogP contribution in [0.25, 0.3) is 5.69 Å². The van der Waals surface area contributed by atoms with Gasteiger partial charge >= 0.3 is 5.69 Å². The van der Waals surface area contributed by atoms with Crippen LogP contribution in [-0.2, 0) is 0 Å². The number of H-pyrrole nitrogens is 1. The van der Waals surface area contributed by atoms with Gasteiger partial charge in [-0.25, -0.2) is 18.1 Å². The third-order valence-electron chi connectivity index (χ3n) is 3.14. The van der Waals surface area contributed by atoms with E-state index in [1.807, 2.05) is 0 Å². The Hall–Kier alpha value is -1.95. The maximum Gasteiger partial charge on any atom is 0.334 e. The van der Waals surface area contributed by atoms with Crippen molar-refractivity contribution in [1.29, 1.82) is 0 Å². The summed E-state index contributed by atoms with van der Waals surface area (Å²) < 4.78 is 28.2. The predicted molar refractivity (Wildman–Crippen MR) is 76.4 cm³/mol. The molecule has 0 fully saturated rings. The number of hydrogen-bond acceptors (Lipinski definition) is 2. The molecular weight excluding hydrogens is 302 g/mol. The maximum absolute atomic E-state index is 14.0. The molecule has 0 aliphatic carbocycles. The molecule has 1 aromatic carbocycles. The van der Waals surface area contributed by atoms with Gasteiger partial charge in [-0.1, -0.05) is 25.4 Å². The lowest BCUT2D eigenvalue weighted by molar-refractivity contribution is 0.580. The van der Waals surface area contributed by atoms with Gasteiger partial charge in [-0.3, -0.25) is 9.78 Å². The number of aromatic nitrogens is 2. The van der Waals surface area contributed by atoms with Crippen LogP contribution in [0, 0.1) is 18.6 Å². The first kappa shape index (κ1) is 15.4. The molecular formula is C14H13ClF2N2O2. The van der Waals surface area contributed by atoms with Crippen molar-refractivity contribution in [2.24, 2.45) is 0 Å². The molecule has 0 bridgehead atoms. The van der Waals surface area contributed by atoms with E-state index in [0.717, 1.165) is 12.1 Å². The molecule has 0 atom stereocenters.